The molecule has 0 atom stereocenters. The molecule has 0 aliphatic rings. The fourth-order valence-corrected chi connectivity index (χ4v) is 3.78. The second-order valence-corrected chi connectivity index (χ2v) is 7.68. The van der Waals surface area contributed by atoms with Crippen molar-refractivity contribution < 1.29 is 4.79 Å². The zero-order chi connectivity index (χ0) is 19.4. The van der Waals surface area contributed by atoms with E-state index in [1.807, 2.05) is 28.3 Å². The van der Waals surface area contributed by atoms with E-state index in [-0.39, 0.29) is 11.9 Å². The van der Waals surface area contributed by atoms with E-state index in [0.29, 0.717) is 12.1 Å². The highest BCUT2D eigenvalue weighted by Gasteiger charge is 2.18. The Hall–Kier alpha value is -2.25. The van der Waals surface area contributed by atoms with Crippen LogP contribution in [0.5, 0.6) is 0 Å². The lowest BCUT2D eigenvalue weighted by Gasteiger charge is -2.18. The van der Waals surface area contributed by atoms with Gasteiger partial charge in [0, 0.05) is 19.1 Å². The summed E-state index contributed by atoms with van der Waals surface area (Å²) in [7, 11) is 0. The number of aromatic nitrogens is 3. The van der Waals surface area contributed by atoms with Gasteiger partial charge in [-0.2, -0.15) is 5.10 Å². The van der Waals surface area contributed by atoms with Gasteiger partial charge >= 0.3 is 0 Å². The van der Waals surface area contributed by atoms with E-state index >= 15 is 0 Å². The standard InChI is InChI=1S/C20H27N5OS/c1-5-24(6-2)10-9-21-20(26)15-12-17(18-8-7-11-27-18)23-19-16(15)13-22-25(19)14(3)4/h7-8,11-14H,5-6,9-10H2,1-4H3,(H,21,26). The molecule has 0 spiro atoms. The van der Waals surface area contributed by atoms with Crippen LogP contribution >= 0.6 is 11.3 Å². The molecule has 0 aromatic carbocycles. The highest BCUT2D eigenvalue weighted by atomic mass is 32.1. The van der Waals surface area contributed by atoms with Crippen molar-refractivity contribution in [1.82, 2.24) is 25.0 Å². The minimum atomic E-state index is -0.0735. The number of pyridine rings is 1. The predicted molar refractivity (Wildman–Crippen MR) is 111 cm³/mol. The monoisotopic (exact) mass is 385 g/mol. The van der Waals surface area contributed by atoms with Crippen LogP contribution in [0.15, 0.2) is 29.8 Å². The molecular formula is C20H27N5OS. The first kappa shape index (κ1) is 19.5. The summed E-state index contributed by atoms with van der Waals surface area (Å²) in [6, 6.07) is 6.08. The van der Waals surface area contributed by atoms with Gasteiger partial charge in [0.2, 0.25) is 0 Å². The number of fused-ring (bicyclic) bond motifs is 1. The highest BCUT2D eigenvalue weighted by molar-refractivity contribution is 7.13. The maximum Gasteiger partial charge on any atom is 0.252 e. The molecule has 3 aromatic rings. The zero-order valence-electron chi connectivity index (χ0n) is 16.4. The first-order chi connectivity index (χ1) is 13.0. The van der Waals surface area contributed by atoms with Gasteiger partial charge in [-0.25, -0.2) is 9.67 Å². The molecule has 3 rings (SSSR count). The molecule has 0 saturated heterocycles. The molecule has 0 radical (unpaired) electrons. The van der Waals surface area contributed by atoms with Crippen LogP contribution in [0.25, 0.3) is 21.6 Å². The van der Waals surface area contributed by atoms with E-state index in [1.54, 1.807) is 17.5 Å². The van der Waals surface area contributed by atoms with E-state index in [0.717, 1.165) is 41.2 Å². The normalized spacial score (nSPS) is 11.6. The van der Waals surface area contributed by atoms with Crippen molar-refractivity contribution in [2.75, 3.05) is 26.2 Å². The lowest BCUT2D eigenvalue weighted by atomic mass is 10.1. The van der Waals surface area contributed by atoms with E-state index in [4.69, 9.17) is 4.98 Å². The number of nitrogens with zero attached hydrogens (tertiary/aromatic N) is 4. The van der Waals surface area contributed by atoms with E-state index in [9.17, 15) is 4.79 Å². The van der Waals surface area contributed by atoms with E-state index in [1.165, 1.54) is 0 Å². The largest absolute Gasteiger partial charge is 0.351 e. The van der Waals surface area contributed by atoms with Crippen LogP contribution in [-0.2, 0) is 0 Å². The lowest BCUT2D eigenvalue weighted by Crippen LogP contribution is -2.34. The second-order valence-electron chi connectivity index (χ2n) is 6.74. The van der Waals surface area contributed by atoms with Crippen molar-refractivity contribution in [3.8, 4) is 10.6 Å². The zero-order valence-corrected chi connectivity index (χ0v) is 17.2. The van der Waals surface area contributed by atoms with Crippen LogP contribution in [-0.4, -0.2) is 51.8 Å². The maximum absolute atomic E-state index is 12.9. The molecule has 0 bridgehead atoms. The summed E-state index contributed by atoms with van der Waals surface area (Å²) in [5.74, 6) is -0.0735. The molecule has 144 valence electrons. The Morgan fingerprint density at radius 3 is 2.74 bits per heavy atom. The van der Waals surface area contributed by atoms with Crippen LogP contribution < -0.4 is 5.32 Å². The maximum atomic E-state index is 12.9. The summed E-state index contributed by atoms with van der Waals surface area (Å²) in [5, 5.41) is 10.3. The average Bonchev–Trinajstić information content (AvgIpc) is 3.33. The molecule has 0 fully saturated rings. The van der Waals surface area contributed by atoms with Gasteiger partial charge in [-0.1, -0.05) is 19.9 Å². The summed E-state index contributed by atoms with van der Waals surface area (Å²) in [4.78, 5) is 21.1. The molecule has 0 saturated carbocycles. The first-order valence-corrected chi connectivity index (χ1v) is 10.4. The topological polar surface area (TPSA) is 63.1 Å². The van der Waals surface area contributed by atoms with Crippen molar-refractivity contribution >= 4 is 28.3 Å². The molecule has 3 heterocycles. The third-order valence-electron chi connectivity index (χ3n) is 4.68. The Bertz CT molecular complexity index is 897. The van der Waals surface area contributed by atoms with Crippen molar-refractivity contribution in [2.24, 2.45) is 0 Å². The van der Waals surface area contributed by atoms with Gasteiger partial charge in [-0.3, -0.25) is 4.79 Å². The van der Waals surface area contributed by atoms with Gasteiger partial charge in [0.25, 0.3) is 5.91 Å². The van der Waals surface area contributed by atoms with Crippen LogP contribution in [0.4, 0.5) is 0 Å². The molecule has 0 unspecified atom stereocenters. The average molecular weight is 386 g/mol. The van der Waals surface area contributed by atoms with E-state index < -0.39 is 0 Å². The number of likely N-dealkylation sites (N-methyl/N-ethyl adjacent to an activating group) is 1. The van der Waals surface area contributed by atoms with Crippen LogP contribution in [0.1, 0.15) is 44.1 Å². The van der Waals surface area contributed by atoms with Gasteiger partial charge in [0.05, 0.1) is 27.7 Å². The fraction of sp³-hybridized carbons (Fsp3) is 0.450. The number of hydrogen-bond donors (Lipinski definition) is 1. The predicted octanol–water partition coefficient (Wildman–Crippen LogP) is 3.81. The van der Waals surface area contributed by atoms with Crippen LogP contribution in [0.2, 0.25) is 0 Å². The highest BCUT2D eigenvalue weighted by Crippen LogP contribution is 2.28. The summed E-state index contributed by atoms with van der Waals surface area (Å²) in [6.45, 7) is 11.8. The van der Waals surface area contributed by atoms with E-state index in [2.05, 4.69) is 43.0 Å². The van der Waals surface area contributed by atoms with Crippen molar-refractivity contribution in [1.29, 1.82) is 0 Å². The molecule has 3 aromatic heterocycles. The molecule has 0 aliphatic carbocycles. The molecule has 27 heavy (non-hydrogen) atoms. The van der Waals surface area contributed by atoms with Gasteiger partial charge in [-0.15, -0.1) is 11.3 Å². The van der Waals surface area contributed by atoms with Crippen LogP contribution in [0.3, 0.4) is 0 Å². The number of thiophene rings is 1. The number of amides is 1. The smallest absolute Gasteiger partial charge is 0.252 e. The number of rotatable bonds is 8. The van der Waals surface area contributed by atoms with Gasteiger partial charge in [0.1, 0.15) is 0 Å². The number of carbonyl (C=O) groups excluding carboxylic acids is 1. The number of carbonyl (C=O) groups is 1. The third-order valence-corrected chi connectivity index (χ3v) is 5.57. The summed E-state index contributed by atoms with van der Waals surface area (Å²) in [6.07, 6.45) is 1.75. The van der Waals surface area contributed by atoms with Crippen LogP contribution in [0, 0.1) is 0 Å². The number of nitrogens with one attached hydrogen (secondary N) is 1. The minimum absolute atomic E-state index is 0.0735. The summed E-state index contributed by atoms with van der Waals surface area (Å²) < 4.78 is 1.87. The quantitative estimate of drug-likeness (QED) is 0.640. The lowest BCUT2D eigenvalue weighted by molar-refractivity contribution is 0.0950. The summed E-state index contributed by atoms with van der Waals surface area (Å²) >= 11 is 1.62. The molecule has 1 amide bonds. The SMILES string of the molecule is CCN(CC)CCNC(=O)c1cc(-c2cccs2)nc2c1cnn2C(C)C. The first-order valence-electron chi connectivity index (χ1n) is 9.47. The third kappa shape index (κ3) is 4.20. The Balaban J connectivity index is 1.94. The second kappa shape index (κ2) is 8.63. The molecule has 1 N–H and O–H groups in total. The molecule has 0 aliphatic heterocycles. The van der Waals surface area contributed by atoms with Crippen molar-refractivity contribution in [3.05, 3.63) is 35.3 Å². The Morgan fingerprint density at radius 2 is 2.11 bits per heavy atom. The van der Waals surface area contributed by atoms with Gasteiger partial charge in [0.15, 0.2) is 5.65 Å². The Morgan fingerprint density at radius 1 is 1.33 bits per heavy atom. The van der Waals surface area contributed by atoms with Gasteiger partial charge in [-0.05, 0) is 44.4 Å². The van der Waals surface area contributed by atoms with Gasteiger partial charge < -0.3 is 10.2 Å². The Labute approximate surface area is 164 Å². The van der Waals surface area contributed by atoms with Crippen molar-refractivity contribution in [2.45, 2.75) is 33.7 Å². The Kier molecular flexibility index (Phi) is 6.23. The molecular weight excluding hydrogens is 358 g/mol. The molecule has 6 nitrogen and oxygen atoms in total. The fourth-order valence-electron chi connectivity index (χ4n) is 3.10. The minimum Gasteiger partial charge on any atom is -0.351 e. The summed E-state index contributed by atoms with van der Waals surface area (Å²) in [5.41, 5.74) is 2.20. The molecule has 7 heteroatoms. The van der Waals surface area contributed by atoms with Crippen molar-refractivity contribution in [3.63, 3.8) is 0 Å². The number of hydrogen-bond acceptors (Lipinski definition) is 5.